The van der Waals surface area contributed by atoms with Crippen molar-refractivity contribution in [1.29, 1.82) is 0 Å². The number of benzene rings is 1. The largest absolute Gasteiger partial charge is 0.382 e. The van der Waals surface area contributed by atoms with Crippen LogP contribution >= 0.6 is 11.6 Å². The predicted molar refractivity (Wildman–Crippen MR) is 86.0 cm³/mol. The third kappa shape index (κ3) is 3.47. The molecule has 0 unspecified atom stereocenters. The number of likely N-dealkylation sites (tertiary alicyclic amines) is 1. The van der Waals surface area contributed by atoms with Crippen molar-refractivity contribution in [2.45, 2.75) is 25.4 Å². The van der Waals surface area contributed by atoms with E-state index < -0.39 is 6.10 Å². The van der Waals surface area contributed by atoms with Gasteiger partial charge in [0.05, 0.1) is 5.71 Å². The number of hydrogen-bond donors (Lipinski definition) is 1. The minimum Gasteiger partial charge on any atom is -0.382 e. The van der Waals surface area contributed by atoms with Gasteiger partial charge in [-0.15, -0.1) is 0 Å². The summed E-state index contributed by atoms with van der Waals surface area (Å²) in [7, 11) is 0. The van der Waals surface area contributed by atoms with Gasteiger partial charge in [0.2, 0.25) is 12.0 Å². The average Bonchev–Trinajstić information content (AvgIpc) is 3.05. The average molecular weight is 336 g/mol. The zero-order valence-electron chi connectivity index (χ0n) is 12.6. The molecule has 2 N–H and O–H groups in total. The molecule has 1 aromatic rings. The fourth-order valence-electron chi connectivity index (χ4n) is 2.91. The highest BCUT2D eigenvalue weighted by Crippen LogP contribution is 2.23. The van der Waals surface area contributed by atoms with Gasteiger partial charge in [0.25, 0.3) is 5.91 Å². The minimum absolute atomic E-state index is 0.0827. The Bertz CT molecular complexity index is 636. The number of carbonyl (C=O) groups excluding carboxylic acids is 2. The molecular formula is C16H18ClN3O3. The van der Waals surface area contributed by atoms with E-state index in [0.717, 1.165) is 11.3 Å². The summed E-state index contributed by atoms with van der Waals surface area (Å²) in [6.07, 6.45) is 1.07. The van der Waals surface area contributed by atoms with E-state index >= 15 is 0 Å². The topological polar surface area (TPSA) is 85.0 Å². The third-order valence-corrected chi connectivity index (χ3v) is 4.58. The van der Waals surface area contributed by atoms with E-state index in [4.69, 9.17) is 22.2 Å². The zero-order chi connectivity index (χ0) is 16.4. The number of carbonyl (C=O) groups is 2. The van der Waals surface area contributed by atoms with Gasteiger partial charge in [0, 0.05) is 30.5 Å². The van der Waals surface area contributed by atoms with Gasteiger partial charge in [-0.1, -0.05) is 28.9 Å². The van der Waals surface area contributed by atoms with Crippen LogP contribution in [0.1, 0.15) is 24.8 Å². The Labute approximate surface area is 139 Å². The van der Waals surface area contributed by atoms with Crippen LogP contribution in [0.15, 0.2) is 29.4 Å². The summed E-state index contributed by atoms with van der Waals surface area (Å²) in [5.41, 5.74) is 6.95. The molecule has 0 saturated carbocycles. The SMILES string of the molecule is NC(=O)C1CCN(C(=O)[C@H]2CC(c3ccc(Cl)cc3)=NO2)CC1. The molecule has 1 aromatic carbocycles. The quantitative estimate of drug-likeness (QED) is 0.909. The van der Waals surface area contributed by atoms with E-state index in [1.807, 2.05) is 12.1 Å². The Morgan fingerprint density at radius 2 is 1.87 bits per heavy atom. The molecule has 0 aromatic heterocycles. The number of oxime groups is 1. The van der Waals surface area contributed by atoms with Crippen molar-refractivity contribution in [2.24, 2.45) is 16.8 Å². The molecule has 122 valence electrons. The number of rotatable bonds is 3. The van der Waals surface area contributed by atoms with E-state index in [0.29, 0.717) is 37.4 Å². The van der Waals surface area contributed by atoms with Gasteiger partial charge < -0.3 is 15.5 Å². The smallest absolute Gasteiger partial charge is 0.266 e. The van der Waals surface area contributed by atoms with Gasteiger partial charge in [-0.3, -0.25) is 9.59 Å². The second-order valence-electron chi connectivity index (χ2n) is 5.84. The molecule has 3 rings (SSSR count). The van der Waals surface area contributed by atoms with Crippen molar-refractivity contribution in [1.82, 2.24) is 4.90 Å². The van der Waals surface area contributed by atoms with Crippen LogP contribution in [0.5, 0.6) is 0 Å². The van der Waals surface area contributed by atoms with Crippen molar-refractivity contribution >= 4 is 29.1 Å². The number of nitrogens with zero attached hydrogens (tertiary/aromatic N) is 2. The summed E-state index contributed by atoms with van der Waals surface area (Å²) < 4.78 is 0. The molecule has 23 heavy (non-hydrogen) atoms. The molecule has 0 spiro atoms. The monoisotopic (exact) mass is 335 g/mol. The number of piperidine rings is 1. The fourth-order valence-corrected chi connectivity index (χ4v) is 3.04. The second-order valence-corrected chi connectivity index (χ2v) is 6.28. The summed E-state index contributed by atoms with van der Waals surface area (Å²) in [6, 6.07) is 7.28. The van der Waals surface area contributed by atoms with E-state index in [9.17, 15) is 9.59 Å². The molecule has 0 aliphatic carbocycles. The number of amides is 2. The zero-order valence-corrected chi connectivity index (χ0v) is 13.3. The van der Waals surface area contributed by atoms with Crippen molar-refractivity contribution in [2.75, 3.05) is 13.1 Å². The Morgan fingerprint density at radius 1 is 1.22 bits per heavy atom. The molecule has 2 aliphatic rings. The first-order valence-corrected chi connectivity index (χ1v) is 7.99. The molecule has 1 atom stereocenters. The number of halogens is 1. The van der Waals surface area contributed by atoms with Crippen molar-refractivity contribution in [3.8, 4) is 0 Å². The van der Waals surface area contributed by atoms with Gasteiger partial charge in [-0.05, 0) is 30.5 Å². The van der Waals surface area contributed by atoms with Crippen LogP contribution < -0.4 is 5.73 Å². The number of hydrogen-bond acceptors (Lipinski definition) is 4. The van der Waals surface area contributed by atoms with Gasteiger partial charge in [0.1, 0.15) is 0 Å². The van der Waals surface area contributed by atoms with Crippen molar-refractivity contribution < 1.29 is 14.4 Å². The van der Waals surface area contributed by atoms with Crippen LogP contribution in [0.25, 0.3) is 0 Å². The maximum atomic E-state index is 12.5. The first-order valence-electron chi connectivity index (χ1n) is 7.61. The molecule has 1 saturated heterocycles. The lowest BCUT2D eigenvalue weighted by Gasteiger charge is -2.31. The van der Waals surface area contributed by atoms with Crippen LogP contribution in [0.3, 0.4) is 0 Å². The summed E-state index contributed by atoms with van der Waals surface area (Å²) in [4.78, 5) is 30.7. The van der Waals surface area contributed by atoms with Gasteiger partial charge in [-0.2, -0.15) is 0 Å². The molecular weight excluding hydrogens is 318 g/mol. The molecule has 2 heterocycles. The number of nitrogens with two attached hydrogens (primary N) is 1. The van der Waals surface area contributed by atoms with E-state index in [-0.39, 0.29) is 17.7 Å². The van der Waals surface area contributed by atoms with Gasteiger partial charge in [-0.25, -0.2) is 0 Å². The Balaban J connectivity index is 1.57. The summed E-state index contributed by atoms with van der Waals surface area (Å²) in [5, 5.41) is 4.68. The van der Waals surface area contributed by atoms with E-state index in [1.54, 1.807) is 17.0 Å². The molecule has 2 aliphatic heterocycles. The second kappa shape index (κ2) is 6.58. The van der Waals surface area contributed by atoms with Gasteiger partial charge in [0.15, 0.2) is 0 Å². The number of primary amides is 1. The van der Waals surface area contributed by atoms with Crippen molar-refractivity contribution in [3.63, 3.8) is 0 Å². The normalized spacial score (nSPS) is 21.7. The Hall–Kier alpha value is -2.08. The maximum absolute atomic E-state index is 12.5. The third-order valence-electron chi connectivity index (χ3n) is 4.33. The lowest BCUT2D eigenvalue weighted by Crippen LogP contribution is -2.45. The van der Waals surface area contributed by atoms with Gasteiger partial charge >= 0.3 is 0 Å². The fraction of sp³-hybridized carbons (Fsp3) is 0.438. The first kappa shape index (κ1) is 15.8. The van der Waals surface area contributed by atoms with E-state index in [2.05, 4.69) is 5.16 Å². The molecule has 0 bridgehead atoms. The first-order chi connectivity index (χ1) is 11.0. The van der Waals surface area contributed by atoms with Crippen LogP contribution in [0.4, 0.5) is 0 Å². The standard InChI is InChI=1S/C16H18ClN3O3/c17-12-3-1-10(2-4-12)13-9-14(23-19-13)16(22)20-7-5-11(6-8-20)15(18)21/h1-4,11,14H,5-9H2,(H2,18,21)/t14-/m1/s1. The lowest BCUT2D eigenvalue weighted by atomic mass is 9.95. The lowest BCUT2D eigenvalue weighted by molar-refractivity contribution is -0.144. The molecule has 1 fully saturated rings. The molecule has 7 heteroatoms. The minimum atomic E-state index is -0.592. The highest BCUT2D eigenvalue weighted by molar-refractivity contribution is 6.30. The van der Waals surface area contributed by atoms with Crippen molar-refractivity contribution in [3.05, 3.63) is 34.9 Å². The highest BCUT2D eigenvalue weighted by Gasteiger charge is 2.34. The molecule has 6 nitrogen and oxygen atoms in total. The summed E-state index contributed by atoms with van der Waals surface area (Å²) in [6.45, 7) is 1.06. The molecule has 0 radical (unpaired) electrons. The Morgan fingerprint density at radius 3 is 2.48 bits per heavy atom. The van der Waals surface area contributed by atoms with Crippen LogP contribution in [0, 0.1) is 5.92 Å². The van der Waals surface area contributed by atoms with Crippen LogP contribution in [0.2, 0.25) is 5.02 Å². The summed E-state index contributed by atoms with van der Waals surface area (Å²) >= 11 is 5.87. The molecule has 2 amide bonds. The highest BCUT2D eigenvalue weighted by atomic mass is 35.5. The van der Waals surface area contributed by atoms with Crippen LogP contribution in [-0.4, -0.2) is 41.6 Å². The predicted octanol–water partition coefficient (Wildman–Crippen LogP) is 1.56. The van der Waals surface area contributed by atoms with E-state index in [1.165, 1.54) is 0 Å². The maximum Gasteiger partial charge on any atom is 0.266 e. The Kier molecular flexibility index (Phi) is 4.52. The van der Waals surface area contributed by atoms with Crippen LogP contribution in [-0.2, 0) is 14.4 Å². The summed E-state index contributed by atoms with van der Waals surface area (Å²) in [5.74, 6) is -0.507.